The van der Waals surface area contributed by atoms with Crippen molar-refractivity contribution < 1.29 is 0 Å². The summed E-state index contributed by atoms with van der Waals surface area (Å²) in [5.74, 6) is 0. The first-order valence-electron chi connectivity index (χ1n) is 8.68. The summed E-state index contributed by atoms with van der Waals surface area (Å²) in [4.78, 5) is 0. The molecule has 0 heterocycles. The Bertz CT molecular complexity index is 453. The summed E-state index contributed by atoms with van der Waals surface area (Å²) in [5.41, 5.74) is 10.4. The summed E-state index contributed by atoms with van der Waals surface area (Å²) in [5, 5.41) is 0. The van der Waals surface area contributed by atoms with E-state index in [0.29, 0.717) is 0 Å². The van der Waals surface area contributed by atoms with Crippen LogP contribution in [0.1, 0.15) is 76.3 Å². The van der Waals surface area contributed by atoms with E-state index in [1.165, 1.54) is 61.6 Å². The van der Waals surface area contributed by atoms with Crippen LogP contribution in [-0.4, -0.2) is 5.54 Å². The average molecular weight is 285 g/mol. The van der Waals surface area contributed by atoms with Crippen LogP contribution in [0, 0.1) is 0 Å². The average Bonchev–Trinajstić information content (AvgIpc) is 2.84. The van der Waals surface area contributed by atoms with Gasteiger partial charge in [0.2, 0.25) is 0 Å². The lowest BCUT2D eigenvalue weighted by molar-refractivity contribution is 0.510. The molecule has 0 fully saturated rings. The lowest BCUT2D eigenvalue weighted by Crippen LogP contribution is -2.32. The number of hydrogen-bond donors (Lipinski definition) is 1. The summed E-state index contributed by atoms with van der Waals surface area (Å²) in [6.07, 6.45) is 13.8. The van der Waals surface area contributed by atoms with Crippen molar-refractivity contribution in [2.24, 2.45) is 5.73 Å². The van der Waals surface area contributed by atoms with Crippen LogP contribution in [0.3, 0.4) is 0 Å². The first-order chi connectivity index (χ1) is 10.1. The molecule has 0 spiro atoms. The van der Waals surface area contributed by atoms with Crippen molar-refractivity contribution in [3.63, 3.8) is 0 Å². The van der Waals surface area contributed by atoms with Gasteiger partial charge in [-0.15, -0.1) is 0 Å². The molecule has 0 aromatic heterocycles. The number of aryl methyl sites for hydroxylation is 1. The molecule has 1 aromatic carbocycles. The van der Waals surface area contributed by atoms with Gasteiger partial charge in [-0.05, 0) is 49.3 Å². The highest BCUT2D eigenvalue weighted by Crippen LogP contribution is 2.33. The Morgan fingerprint density at radius 1 is 1.00 bits per heavy atom. The van der Waals surface area contributed by atoms with E-state index in [0.717, 1.165) is 12.8 Å². The summed E-state index contributed by atoms with van der Waals surface area (Å²) in [7, 11) is 0. The molecule has 0 amide bonds. The van der Waals surface area contributed by atoms with E-state index in [9.17, 15) is 0 Å². The van der Waals surface area contributed by atoms with E-state index in [1.54, 1.807) is 0 Å². The van der Waals surface area contributed by atoms with E-state index in [-0.39, 0.29) is 5.54 Å². The quantitative estimate of drug-likeness (QED) is 0.628. The highest BCUT2D eigenvalue weighted by molar-refractivity contribution is 5.69. The third-order valence-corrected chi connectivity index (χ3v) is 4.55. The topological polar surface area (TPSA) is 26.0 Å². The fraction of sp³-hybridized carbons (Fsp3) is 0.600. The maximum absolute atomic E-state index is 6.20. The van der Waals surface area contributed by atoms with E-state index in [4.69, 9.17) is 5.73 Å². The van der Waals surface area contributed by atoms with Crippen LogP contribution >= 0.6 is 0 Å². The van der Waals surface area contributed by atoms with Gasteiger partial charge >= 0.3 is 0 Å². The van der Waals surface area contributed by atoms with E-state index in [2.05, 4.69) is 44.2 Å². The lowest BCUT2D eigenvalue weighted by Gasteiger charge is -2.17. The van der Waals surface area contributed by atoms with Crippen molar-refractivity contribution in [2.45, 2.75) is 77.2 Å². The molecule has 0 saturated heterocycles. The Morgan fingerprint density at radius 3 is 2.29 bits per heavy atom. The van der Waals surface area contributed by atoms with Crippen LogP contribution < -0.4 is 5.73 Å². The van der Waals surface area contributed by atoms with Crippen molar-refractivity contribution in [1.82, 2.24) is 0 Å². The molecule has 1 aliphatic carbocycles. The van der Waals surface area contributed by atoms with Gasteiger partial charge in [0, 0.05) is 5.54 Å². The van der Waals surface area contributed by atoms with Crippen LogP contribution in [0.25, 0.3) is 5.57 Å². The van der Waals surface area contributed by atoms with E-state index in [1.807, 2.05) is 0 Å². The molecular formula is C20H31N. The number of rotatable bonds is 8. The van der Waals surface area contributed by atoms with Crippen LogP contribution in [0.4, 0.5) is 0 Å². The minimum Gasteiger partial charge on any atom is -0.325 e. The molecule has 2 N–H and O–H groups in total. The summed E-state index contributed by atoms with van der Waals surface area (Å²) in [6, 6.07) is 9.15. The van der Waals surface area contributed by atoms with Gasteiger partial charge in [-0.1, -0.05) is 69.4 Å². The summed E-state index contributed by atoms with van der Waals surface area (Å²) < 4.78 is 0. The standard InChI is InChI=1S/C20H31N/c1-3-4-5-6-7-8-9-17-10-12-18(13-11-17)19-14-15-20(2,21)16-19/h10-14H,3-9,15-16,21H2,1-2H3. The smallest absolute Gasteiger partial charge is 0.0201 e. The fourth-order valence-corrected chi connectivity index (χ4v) is 3.15. The summed E-state index contributed by atoms with van der Waals surface area (Å²) >= 11 is 0. The third-order valence-electron chi connectivity index (χ3n) is 4.55. The number of nitrogens with two attached hydrogens (primary N) is 1. The van der Waals surface area contributed by atoms with E-state index >= 15 is 0 Å². The second kappa shape index (κ2) is 7.79. The molecule has 1 aliphatic rings. The molecule has 0 bridgehead atoms. The molecule has 0 saturated carbocycles. The molecule has 0 radical (unpaired) electrons. The maximum Gasteiger partial charge on any atom is 0.0201 e. The van der Waals surface area contributed by atoms with Crippen molar-refractivity contribution in [1.29, 1.82) is 0 Å². The molecule has 2 rings (SSSR count). The largest absolute Gasteiger partial charge is 0.325 e. The molecular weight excluding hydrogens is 254 g/mol. The lowest BCUT2D eigenvalue weighted by atomic mass is 9.95. The van der Waals surface area contributed by atoms with Gasteiger partial charge in [0.15, 0.2) is 0 Å². The molecule has 1 atom stereocenters. The van der Waals surface area contributed by atoms with Gasteiger partial charge in [0.25, 0.3) is 0 Å². The minimum atomic E-state index is -0.0352. The van der Waals surface area contributed by atoms with Crippen molar-refractivity contribution in [3.05, 3.63) is 41.5 Å². The number of hydrogen-bond acceptors (Lipinski definition) is 1. The van der Waals surface area contributed by atoms with Crippen LogP contribution in [0.15, 0.2) is 30.3 Å². The highest BCUT2D eigenvalue weighted by atomic mass is 14.7. The molecule has 21 heavy (non-hydrogen) atoms. The highest BCUT2D eigenvalue weighted by Gasteiger charge is 2.25. The van der Waals surface area contributed by atoms with E-state index < -0.39 is 0 Å². The Labute approximate surface area is 130 Å². The van der Waals surface area contributed by atoms with Gasteiger partial charge in [0.1, 0.15) is 0 Å². The zero-order valence-corrected chi connectivity index (χ0v) is 13.8. The normalized spacial score (nSPS) is 21.6. The second-order valence-corrected chi connectivity index (χ2v) is 6.98. The van der Waals surface area contributed by atoms with Crippen molar-refractivity contribution >= 4 is 5.57 Å². The zero-order chi connectivity index (χ0) is 15.1. The number of benzene rings is 1. The van der Waals surface area contributed by atoms with Crippen LogP contribution in [0.2, 0.25) is 0 Å². The van der Waals surface area contributed by atoms with Crippen LogP contribution in [-0.2, 0) is 6.42 Å². The van der Waals surface area contributed by atoms with Gasteiger partial charge < -0.3 is 5.73 Å². The van der Waals surface area contributed by atoms with Crippen molar-refractivity contribution in [3.8, 4) is 0 Å². The predicted molar refractivity (Wildman–Crippen MR) is 93.3 cm³/mol. The zero-order valence-electron chi connectivity index (χ0n) is 13.8. The first-order valence-corrected chi connectivity index (χ1v) is 8.68. The van der Waals surface area contributed by atoms with Gasteiger partial charge in [0.05, 0.1) is 0 Å². The molecule has 0 aliphatic heterocycles. The molecule has 1 aromatic rings. The Balaban J connectivity index is 1.75. The second-order valence-electron chi connectivity index (χ2n) is 6.98. The molecule has 1 unspecified atom stereocenters. The fourth-order valence-electron chi connectivity index (χ4n) is 3.15. The van der Waals surface area contributed by atoms with Gasteiger partial charge in [-0.2, -0.15) is 0 Å². The Hall–Kier alpha value is -1.08. The number of unbranched alkanes of at least 4 members (excludes halogenated alkanes) is 5. The molecule has 1 heteroatoms. The van der Waals surface area contributed by atoms with Gasteiger partial charge in [-0.3, -0.25) is 0 Å². The predicted octanol–water partition coefficient (Wildman–Crippen LogP) is 5.48. The van der Waals surface area contributed by atoms with Crippen LogP contribution in [0.5, 0.6) is 0 Å². The maximum atomic E-state index is 6.20. The summed E-state index contributed by atoms with van der Waals surface area (Å²) in [6.45, 7) is 4.41. The first kappa shape index (κ1) is 16.3. The monoisotopic (exact) mass is 285 g/mol. The third kappa shape index (κ3) is 5.32. The molecule has 1 nitrogen and oxygen atoms in total. The Morgan fingerprint density at radius 2 is 1.67 bits per heavy atom. The van der Waals surface area contributed by atoms with Gasteiger partial charge in [-0.25, -0.2) is 0 Å². The molecule has 116 valence electrons. The SMILES string of the molecule is CCCCCCCCc1ccc(C2=CCC(C)(N)C2)cc1. The Kier molecular flexibility index (Phi) is 6.05. The van der Waals surface area contributed by atoms with Crippen molar-refractivity contribution in [2.75, 3.05) is 0 Å². The minimum absolute atomic E-state index is 0.0352.